The van der Waals surface area contributed by atoms with E-state index < -0.39 is 0 Å². The lowest BCUT2D eigenvalue weighted by molar-refractivity contribution is 0.282. The summed E-state index contributed by atoms with van der Waals surface area (Å²) < 4.78 is 0. The number of aromatic nitrogens is 2. The van der Waals surface area contributed by atoms with Gasteiger partial charge in [0.1, 0.15) is 0 Å². The van der Waals surface area contributed by atoms with Crippen LogP contribution in [0.4, 0.5) is 5.82 Å². The van der Waals surface area contributed by atoms with Crippen LogP contribution in [-0.2, 0) is 13.0 Å². The van der Waals surface area contributed by atoms with E-state index in [0.717, 1.165) is 36.6 Å². The fourth-order valence-corrected chi connectivity index (χ4v) is 3.76. The van der Waals surface area contributed by atoms with Gasteiger partial charge in [-0.25, -0.2) is 0 Å². The summed E-state index contributed by atoms with van der Waals surface area (Å²) in [5.74, 6) is 1.64. The van der Waals surface area contributed by atoms with Crippen LogP contribution in [0, 0.1) is 12.8 Å². The highest BCUT2D eigenvalue weighted by molar-refractivity contribution is 5.93. The number of aliphatic hydroxyl groups excluding tert-OH is 1. The predicted molar refractivity (Wildman–Crippen MR) is 101 cm³/mol. The summed E-state index contributed by atoms with van der Waals surface area (Å²) in [7, 11) is 0. The van der Waals surface area contributed by atoms with E-state index in [4.69, 9.17) is 5.11 Å². The molecule has 3 aromatic rings. The molecule has 2 aromatic carbocycles. The Morgan fingerprint density at radius 1 is 1.00 bits per heavy atom. The largest absolute Gasteiger partial charge is 0.392 e. The van der Waals surface area contributed by atoms with Gasteiger partial charge in [0.25, 0.3) is 0 Å². The molecule has 0 aliphatic carbocycles. The van der Waals surface area contributed by atoms with Crippen molar-refractivity contribution in [3.05, 3.63) is 65.4 Å². The summed E-state index contributed by atoms with van der Waals surface area (Å²) in [5, 5.41) is 20.4. The monoisotopic (exact) mass is 333 g/mol. The molecule has 4 rings (SSSR count). The minimum Gasteiger partial charge on any atom is -0.392 e. The molecule has 0 unspecified atom stereocenters. The molecule has 4 nitrogen and oxygen atoms in total. The van der Waals surface area contributed by atoms with E-state index in [1.54, 1.807) is 0 Å². The van der Waals surface area contributed by atoms with Gasteiger partial charge in [0, 0.05) is 23.9 Å². The van der Waals surface area contributed by atoms with Gasteiger partial charge in [0.05, 0.1) is 12.3 Å². The molecule has 1 aliphatic rings. The van der Waals surface area contributed by atoms with Gasteiger partial charge in [-0.15, -0.1) is 5.10 Å². The quantitative estimate of drug-likeness (QED) is 0.794. The summed E-state index contributed by atoms with van der Waals surface area (Å²) in [6.45, 7) is 4.17. The molecule has 128 valence electrons. The molecule has 4 heteroatoms. The van der Waals surface area contributed by atoms with Crippen molar-refractivity contribution >= 4 is 16.6 Å². The molecule has 25 heavy (non-hydrogen) atoms. The van der Waals surface area contributed by atoms with E-state index in [2.05, 4.69) is 51.5 Å². The van der Waals surface area contributed by atoms with Gasteiger partial charge in [-0.3, -0.25) is 0 Å². The van der Waals surface area contributed by atoms with Crippen molar-refractivity contribution in [1.82, 2.24) is 10.2 Å². The molecule has 1 aliphatic heterocycles. The standard InChI is InChI=1S/C21H23N3O/c1-15-19-4-2-3-5-20(19)21(23-22-15)24-11-10-18(13-24)12-16-6-8-17(14-25)9-7-16/h2-9,18,25H,10-14H2,1H3/t18-/m0/s1. The van der Waals surface area contributed by atoms with Crippen LogP contribution in [0.2, 0.25) is 0 Å². The molecule has 0 saturated carbocycles. The Hall–Kier alpha value is -2.46. The summed E-state index contributed by atoms with van der Waals surface area (Å²) in [6.07, 6.45) is 2.24. The average molecular weight is 333 g/mol. The minimum atomic E-state index is 0.108. The predicted octanol–water partition coefficient (Wildman–Crippen LogP) is 3.50. The first kappa shape index (κ1) is 16.0. The lowest BCUT2D eigenvalue weighted by Crippen LogP contribution is -2.22. The normalized spacial score (nSPS) is 17.4. The Balaban J connectivity index is 1.51. The molecule has 1 N–H and O–H groups in total. The Kier molecular flexibility index (Phi) is 4.36. The molecular weight excluding hydrogens is 310 g/mol. The van der Waals surface area contributed by atoms with E-state index in [-0.39, 0.29) is 6.61 Å². The van der Waals surface area contributed by atoms with Crippen molar-refractivity contribution < 1.29 is 5.11 Å². The molecule has 1 saturated heterocycles. The van der Waals surface area contributed by atoms with Crippen molar-refractivity contribution in [2.45, 2.75) is 26.4 Å². The zero-order valence-corrected chi connectivity index (χ0v) is 14.5. The van der Waals surface area contributed by atoms with Crippen LogP contribution in [0.3, 0.4) is 0 Å². The average Bonchev–Trinajstić information content (AvgIpc) is 3.11. The second-order valence-electron chi connectivity index (χ2n) is 6.93. The van der Waals surface area contributed by atoms with Gasteiger partial charge in [-0.2, -0.15) is 5.10 Å². The maximum Gasteiger partial charge on any atom is 0.159 e. The van der Waals surface area contributed by atoms with Gasteiger partial charge in [0.2, 0.25) is 0 Å². The Bertz CT molecular complexity index is 876. The number of fused-ring (bicyclic) bond motifs is 1. The third-order valence-corrected chi connectivity index (χ3v) is 5.17. The molecule has 0 radical (unpaired) electrons. The Morgan fingerprint density at radius 2 is 1.72 bits per heavy atom. The topological polar surface area (TPSA) is 49.2 Å². The van der Waals surface area contributed by atoms with Crippen molar-refractivity contribution in [3.63, 3.8) is 0 Å². The zero-order chi connectivity index (χ0) is 17.2. The number of hydrogen-bond donors (Lipinski definition) is 1. The number of rotatable bonds is 4. The van der Waals surface area contributed by atoms with Crippen LogP contribution >= 0.6 is 0 Å². The van der Waals surface area contributed by atoms with Crippen molar-refractivity contribution in [3.8, 4) is 0 Å². The molecule has 1 aromatic heterocycles. The molecule has 0 spiro atoms. The molecule has 1 fully saturated rings. The highest BCUT2D eigenvalue weighted by Gasteiger charge is 2.25. The Labute approximate surface area is 148 Å². The van der Waals surface area contributed by atoms with Crippen molar-refractivity contribution in [1.29, 1.82) is 0 Å². The van der Waals surface area contributed by atoms with Gasteiger partial charge >= 0.3 is 0 Å². The lowest BCUT2D eigenvalue weighted by atomic mass is 9.98. The number of benzene rings is 2. The summed E-state index contributed by atoms with van der Waals surface area (Å²) in [5.41, 5.74) is 3.29. The first-order valence-electron chi connectivity index (χ1n) is 8.90. The lowest BCUT2D eigenvalue weighted by Gasteiger charge is -2.19. The second-order valence-corrected chi connectivity index (χ2v) is 6.93. The van der Waals surface area contributed by atoms with E-state index >= 15 is 0 Å². The SMILES string of the molecule is Cc1nnc(N2CC[C@@H](Cc3ccc(CO)cc3)C2)c2ccccc12. The highest BCUT2D eigenvalue weighted by atomic mass is 16.3. The van der Waals surface area contributed by atoms with E-state index in [1.807, 2.05) is 19.1 Å². The van der Waals surface area contributed by atoms with Gasteiger partial charge in [0.15, 0.2) is 5.82 Å². The van der Waals surface area contributed by atoms with Crippen LogP contribution in [0.5, 0.6) is 0 Å². The third-order valence-electron chi connectivity index (χ3n) is 5.17. The maximum atomic E-state index is 9.16. The van der Waals surface area contributed by atoms with Crippen LogP contribution < -0.4 is 4.90 Å². The first-order chi connectivity index (χ1) is 12.2. The van der Waals surface area contributed by atoms with E-state index in [0.29, 0.717) is 5.92 Å². The summed E-state index contributed by atoms with van der Waals surface area (Å²) in [4.78, 5) is 2.38. The zero-order valence-electron chi connectivity index (χ0n) is 14.5. The smallest absolute Gasteiger partial charge is 0.159 e. The molecule has 2 heterocycles. The van der Waals surface area contributed by atoms with Crippen molar-refractivity contribution in [2.24, 2.45) is 5.92 Å². The van der Waals surface area contributed by atoms with Crippen molar-refractivity contribution in [2.75, 3.05) is 18.0 Å². The van der Waals surface area contributed by atoms with Crippen LogP contribution in [0.15, 0.2) is 48.5 Å². The van der Waals surface area contributed by atoms with E-state index in [9.17, 15) is 0 Å². The van der Waals surface area contributed by atoms with Crippen LogP contribution in [0.25, 0.3) is 10.8 Å². The van der Waals surface area contributed by atoms with E-state index in [1.165, 1.54) is 22.8 Å². The summed E-state index contributed by atoms with van der Waals surface area (Å²) in [6, 6.07) is 16.7. The number of anilines is 1. The number of nitrogens with zero attached hydrogens (tertiary/aromatic N) is 3. The minimum absolute atomic E-state index is 0.108. The number of aryl methyl sites for hydroxylation is 1. The second kappa shape index (κ2) is 6.81. The molecule has 0 bridgehead atoms. The molecule has 1 atom stereocenters. The van der Waals surface area contributed by atoms with Gasteiger partial charge in [-0.1, -0.05) is 48.5 Å². The fourth-order valence-electron chi connectivity index (χ4n) is 3.76. The maximum absolute atomic E-state index is 9.16. The first-order valence-corrected chi connectivity index (χ1v) is 8.90. The van der Waals surface area contributed by atoms with Gasteiger partial charge in [-0.05, 0) is 36.8 Å². The molecular formula is C21H23N3O. The third kappa shape index (κ3) is 3.22. The van der Waals surface area contributed by atoms with Gasteiger partial charge < -0.3 is 10.0 Å². The summed E-state index contributed by atoms with van der Waals surface area (Å²) >= 11 is 0. The van der Waals surface area contributed by atoms with Crippen LogP contribution in [0.1, 0.15) is 23.2 Å². The number of hydrogen-bond acceptors (Lipinski definition) is 4. The van der Waals surface area contributed by atoms with Crippen LogP contribution in [-0.4, -0.2) is 28.4 Å². The highest BCUT2D eigenvalue weighted by Crippen LogP contribution is 2.30. The molecule has 0 amide bonds. The Morgan fingerprint density at radius 3 is 2.48 bits per heavy atom. The number of aliphatic hydroxyl groups is 1. The fraction of sp³-hybridized carbons (Fsp3) is 0.333.